The van der Waals surface area contributed by atoms with Gasteiger partial charge in [0, 0.05) is 11.6 Å². The van der Waals surface area contributed by atoms with Gasteiger partial charge in [0.25, 0.3) is 0 Å². The summed E-state index contributed by atoms with van der Waals surface area (Å²) in [6.07, 6.45) is -4.40. The molecule has 8 heteroatoms. The van der Waals surface area contributed by atoms with Crippen molar-refractivity contribution in [2.75, 3.05) is 6.54 Å². The smallest absolute Gasteiger partial charge is 0.416 e. The molecule has 0 fully saturated rings. The molecule has 0 saturated carbocycles. The summed E-state index contributed by atoms with van der Waals surface area (Å²) in [5, 5.41) is 9.67. The van der Waals surface area contributed by atoms with Crippen LogP contribution < -0.4 is 11.5 Å². The molecular weight excluding hydrogens is 336 g/mol. The zero-order valence-electron chi connectivity index (χ0n) is 9.17. The molecular formula is C10H13BrClF3N2O. The van der Waals surface area contributed by atoms with Crippen molar-refractivity contribution in [1.82, 2.24) is 0 Å². The summed E-state index contributed by atoms with van der Waals surface area (Å²) in [5.41, 5.74) is 9.62. The fourth-order valence-electron chi connectivity index (χ4n) is 1.53. The maximum atomic E-state index is 12.7. The van der Waals surface area contributed by atoms with Crippen molar-refractivity contribution in [3.05, 3.63) is 27.7 Å². The van der Waals surface area contributed by atoms with E-state index in [0.717, 1.165) is 12.1 Å². The summed E-state index contributed by atoms with van der Waals surface area (Å²) in [7, 11) is 0. The van der Waals surface area contributed by atoms with E-state index >= 15 is 0 Å². The van der Waals surface area contributed by atoms with Gasteiger partial charge in [-0.1, -0.05) is 0 Å². The average molecular weight is 350 g/mol. The number of hydrogen-bond donors (Lipinski definition) is 3. The molecule has 0 aromatic heterocycles. The van der Waals surface area contributed by atoms with Crippen LogP contribution in [0.3, 0.4) is 0 Å². The molecule has 104 valence electrons. The molecule has 5 N–H and O–H groups in total. The zero-order chi connectivity index (χ0) is 13.2. The summed E-state index contributed by atoms with van der Waals surface area (Å²) in [4.78, 5) is 0. The predicted molar refractivity (Wildman–Crippen MR) is 68.7 cm³/mol. The molecule has 0 aliphatic carbocycles. The van der Waals surface area contributed by atoms with Crippen molar-refractivity contribution in [2.45, 2.75) is 18.6 Å². The number of nitrogens with two attached hydrogens (primary N) is 2. The van der Waals surface area contributed by atoms with Gasteiger partial charge >= 0.3 is 6.18 Å². The summed E-state index contributed by atoms with van der Waals surface area (Å²) < 4.78 is 38.4. The van der Waals surface area contributed by atoms with E-state index in [4.69, 9.17) is 11.5 Å². The van der Waals surface area contributed by atoms with Crippen LogP contribution in [0, 0.1) is 0 Å². The van der Waals surface area contributed by atoms with Gasteiger partial charge in [0.15, 0.2) is 0 Å². The highest BCUT2D eigenvalue weighted by Crippen LogP contribution is 2.42. The largest absolute Gasteiger partial charge is 0.506 e. The van der Waals surface area contributed by atoms with E-state index in [1.165, 1.54) is 0 Å². The summed E-state index contributed by atoms with van der Waals surface area (Å²) in [6.45, 7) is 0.143. The van der Waals surface area contributed by atoms with Crippen molar-refractivity contribution < 1.29 is 18.3 Å². The molecule has 1 aromatic carbocycles. The van der Waals surface area contributed by atoms with Crippen LogP contribution in [0.2, 0.25) is 0 Å². The Labute approximate surface area is 117 Å². The van der Waals surface area contributed by atoms with E-state index in [9.17, 15) is 18.3 Å². The first kappa shape index (κ1) is 17.5. The molecule has 0 amide bonds. The van der Waals surface area contributed by atoms with Gasteiger partial charge in [-0.05, 0) is 41.0 Å². The lowest BCUT2D eigenvalue weighted by Gasteiger charge is -2.19. The van der Waals surface area contributed by atoms with Crippen molar-refractivity contribution in [3.63, 3.8) is 0 Å². The molecule has 1 atom stereocenters. The van der Waals surface area contributed by atoms with Gasteiger partial charge in [0.05, 0.1) is 10.0 Å². The van der Waals surface area contributed by atoms with Crippen LogP contribution in [0.25, 0.3) is 0 Å². The van der Waals surface area contributed by atoms with Crippen LogP contribution in [0.4, 0.5) is 13.2 Å². The minimum atomic E-state index is -4.56. The molecule has 0 heterocycles. The average Bonchev–Trinajstić information content (AvgIpc) is 2.20. The molecule has 0 spiro atoms. The Morgan fingerprint density at radius 1 is 1.33 bits per heavy atom. The minimum Gasteiger partial charge on any atom is -0.506 e. The quantitative estimate of drug-likeness (QED) is 0.785. The third kappa shape index (κ3) is 3.74. The lowest BCUT2D eigenvalue weighted by Crippen LogP contribution is -2.20. The molecule has 1 aromatic rings. The molecule has 1 rings (SSSR count). The molecule has 0 saturated heterocycles. The zero-order valence-corrected chi connectivity index (χ0v) is 11.6. The summed E-state index contributed by atoms with van der Waals surface area (Å²) in [6, 6.07) is 1.07. The van der Waals surface area contributed by atoms with Gasteiger partial charge < -0.3 is 16.6 Å². The van der Waals surface area contributed by atoms with Crippen LogP contribution in [0.15, 0.2) is 16.6 Å². The maximum absolute atomic E-state index is 12.7. The lowest BCUT2D eigenvalue weighted by atomic mass is 9.97. The van der Waals surface area contributed by atoms with Gasteiger partial charge in [-0.25, -0.2) is 0 Å². The first-order chi connectivity index (χ1) is 7.79. The van der Waals surface area contributed by atoms with Gasteiger partial charge in [-0.3, -0.25) is 0 Å². The molecule has 0 radical (unpaired) electrons. The van der Waals surface area contributed by atoms with Crippen LogP contribution >= 0.6 is 28.3 Å². The van der Waals surface area contributed by atoms with Gasteiger partial charge in [0.1, 0.15) is 5.75 Å². The van der Waals surface area contributed by atoms with Crippen molar-refractivity contribution in [2.24, 2.45) is 11.5 Å². The van der Waals surface area contributed by atoms with Gasteiger partial charge in [-0.2, -0.15) is 13.2 Å². The standard InChI is InChI=1S/C10H12BrF3N2O.ClH/c11-6-2-1-5(10(12,13)14)8(9(6)17)7(16)3-4-15;/h1-2,7,17H,3-4,15-16H2;1H/t7-;/m1./s1. The molecule has 0 bridgehead atoms. The van der Waals surface area contributed by atoms with E-state index in [0.29, 0.717) is 0 Å². The Kier molecular flexibility index (Phi) is 6.42. The highest BCUT2D eigenvalue weighted by Gasteiger charge is 2.36. The molecule has 0 unspecified atom stereocenters. The van der Waals surface area contributed by atoms with Crippen LogP contribution in [0.1, 0.15) is 23.6 Å². The number of phenols is 1. The topological polar surface area (TPSA) is 72.3 Å². The van der Waals surface area contributed by atoms with E-state index < -0.39 is 23.5 Å². The van der Waals surface area contributed by atoms with Crippen molar-refractivity contribution >= 4 is 28.3 Å². The van der Waals surface area contributed by atoms with Crippen LogP contribution in [-0.4, -0.2) is 11.7 Å². The maximum Gasteiger partial charge on any atom is 0.416 e. The Balaban J connectivity index is 0.00000289. The Morgan fingerprint density at radius 2 is 1.89 bits per heavy atom. The number of phenolic OH excluding ortho intramolecular Hbond substituents is 1. The van der Waals surface area contributed by atoms with Gasteiger partial charge in [-0.15, -0.1) is 12.4 Å². The van der Waals surface area contributed by atoms with E-state index in [-0.39, 0.29) is 35.4 Å². The minimum absolute atomic E-state index is 0. The van der Waals surface area contributed by atoms with E-state index in [1.54, 1.807) is 0 Å². The normalized spacial score (nSPS) is 13.0. The molecule has 0 aliphatic rings. The fraction of sp³-hybridized carbons (Fsp3) is 0.400. The van der Waals surface area contributed by atoms with Crippen LogP contribution in [0.5, 0.6) is 5.75 Å². The predicted octanol–water partition coefficient (Wildman–Crippen LogP) is 2.94. The second kappa shape index (κ2) is 6.60. The Morgan fingerprint density at radius 3 is 2.33 bits per heavy atom. The van der Waals surface area contributed by atoms with E-state index in [2.05, 4.69) is 15.9 Å². The number of halogens is 5. The number of hydrogen-bond acceptors (Lipinski definition) is 3. The number of rotatable bonds is 3. The monoisotopic (exact) mass is 348 g/mol. The second-order valence-electron chi connectivity index (χ2n) is 3.54. The summed E-state index contributed by atoms with van der Waals surface area (Å²) in [5.74, 6) is -0.485. The SMILES string of the molecule is Cl.NCC[C@@H](N)c1c(C(F)(F)F)ccc(Br)c1O. The molecule has 0 aliphatic heterocycles. The number of aromatic hydroxyl groups is 1. The molecule has 18 heavy (non-hydrogen) atoms. The van der Waals surface area contributed by atoms with Crippen molar-refractivity contribution in [1.29, 1.82) is 0 Å². The lowest BCUT2D eigenvalue weighted by molar-refractivity contribution is -0.138. The third-order valence-corrected chi connectivity index (χ3v) is 2.96. The third-order valence-electron chi connectivity index (χ3n) is 2.32. The second-order valence-corrected chi connectivity index (χ2v) is 4.39. The fourth-order valence-corrected chi connectivity index (χ4v) is 1.87. The highest BCUT2D eigenvalue weighted by molar-refractivity contribution is 9.10. The number of alkyl halides is 3. The van der Waals surface area contributed by atoms with Gasteiger partial charge in [0.2, 0.25) is 0 Å². The summed E-state index contributed by atoms with van der Waals surface area (Å²) >= 11 is 2.96. The van der Waals surface area contributed by atoms with E-state index in [1.807, 2.05) is 0 Å². The number of benzene rings is 1. The first-order valence-corrected chi connectivity index (χ1v) is 5.62. The molecule has 3 nitrogen and oxygen atoms in total. The van der Waals surface area contributed by atoms with Crippen molar-refractivity contribution in [3.8, 4) is 5.75 Å². The first-order valence-electron chi connectivity index (χ1n) is 4.83. The Hall–Kier alpha value is -0.500. The van der Waals surface area contributed by atoms with Crippen LogP contribution in [-0.2, 0) is 6.18 Å². The highest BCUT2D eigenvalue weighted by atomic mass is 79.9. The Bertz CT molecular complexity index is 415.